The molecule has 1 saturated carbocycles. The number of aromatic nitrogens is 2. The molecule has 2 aliphatic rings. The molecule has 1 saturated heterocycles. The molecule has 2 heterocycles. The first-order valence-corrected chi connectivity index (χ1v) is 12.5. The number of ether oxygens (including phenoxy) is 1. The van der Waals surface area contributed by atoms with Gasteiger partial charge in [-0.15, -0.1) is 0 Å². The maximum absolute atomic E-state index is 13.5. The normalized spacial score (nSPS) is 20.8. The molecule has 3 aromatic rings. The van der Waals surface area contributed by atoms with Crippen molar-refractivity contribution in [1.29, 1.82) is 0 Å². The lowest BCUT2D eigenvalue weighted by atomic mass is 9.71. The summed E-state index contributed by atoms with van der Waals surface area (Å²) < 4.78 is 6.23. The first-order valence-electron chi connectivity index (χ1n) is 12.1. The fraction of sp³-hybridized carbons (Fsp3) is 0.444. The molecule has 0 radical (unpaired) electrons. The van der Waals surface area contributed by atoms with Crippen LogP contribution in [0.25, 0.3) is 22.3 Å². The molecule has 34 heavy (non-hydrogen) atoms. The maximum Gasteiger partial charge on any atom is 0.325 e. The zero-order valence-corrected chi connectivity index (χ0v) is 20.3. The van der Waals surface area contributed by atoms with Crippen molar-refractivity contribution in [3.63, 3.8) is 0 Å². The minimum atomic E-state index is -0.498. The Morgan fingerprint density at radius 2 is 1.91 bits per heavy atom. The van der Waals surface area contributed by atoms with E-state index >= 15 is 0 Å². The van der Waals surface area contributed by atoms with Crippen LogP contribution in [0, 0.1) is 5.92 Å². The van der Waals surface area contributed by atoms with Crippen LogP contribution in [-0.4, -0.2) is 47.2 Å². The predicted molar refractivity (Wildman–Crippen MR) is 134 cm³/mol. The van der Waals surface area contributed by atoms with Gasteiger partial charge in [0.1, 0.15) is 12.4 Å². The summed E-state index contributed by atoms with van der Waals surface area (Å²) in [6.45, 7) is 3.46. The molecule has 2 fully saturated rings. The standard InChI is InChI=1S/C27H30ClN3O3/c1-34-25(32)17-31-26(20-6-5-7-22(28)14-20)29-24-9-8-19(15-23(24)27(31)33)21-12-18(13-21)16-30-10-3-2-4-11-30/h5-9,14-15,18,21H,2-4,10-13,16-17H2,1H3/t18-,21+. The van der Waals surface area contributed by atoms with Crippen LogP contribution in [0.5, 0.6) is 0 Å². The van der Waals surface area contributed by atoms with E-state index in [0.29, 0.717) is 33.2 Å². The minimum Gasteiger partial charge on any atom is -0.468 e. The van der Waals surface area contributed by atoms with Gasteiger partial charge in [0.05, 0.1) is 18.0 Å². The van der Waals surface area contributed by atoms with Gasteiger partial charge in [-0.25, -0.2) is 4.98 Å². The van der Waals surface area contributed by atoms with Crippen LogP contribution in [0.4, 0.5) is 0 Å². The average molecular weight is 480 g/mol. The number of hydrogen-bond acceptors (Lipinski definition) is 5. The molecule has 7 heteroatoms. The highest BCUT2D eigenvalue weighted by atomic mass is 35.5. The Morgan fingerprint density at radius 3 is 2.65 bits per heavy atom. The SMILES string of the molecule is COC(=O)Cn1c(-c2cccc(Cl)c2)nc2ccc([C@H]3C[C@@H](CN4CCCCC4)C3)cc2c1=O. The van der Waals surface area contributed by atoms with Crippen LogP contribution in [0.3, 0.4) is 0 Å². The Hall–Kier alpha value is -2.70. The Balaban J connectivity index is 1.44. The Labute approximate surface area is 204 Å². The summed E-state index contributed by atoms with van der Waals surface area (Å²) in [5.41, 5.74) is 2.24. The van der Waals surface area contributed by atoms with Crippen LogP contribution >= 0.6 is 11.6 Å². The Bertz CT molecular complexity index is 1260. The smallest absolute Gasteiger partial charge is 0.325 e. The van der Waals surface area contributed by atoms with E-state index in [0.717, 1.165) is 18.8 Å². The number of nitrogens with zero attached hydrogens (tertiary/aromatic N) is 3. The van der Waals surface area contributed by atoms with Crippen LogP contribution < -0.4 is 5.56 Å². The molecular weight excluding hydrogens is 450 g/mol. The Morgan fingerprint density at radius 1 is 1.12 bits per heavy atom. The van der Waals surface area contributed by atoms with Gasteiger partial charge in [0.2, 0.25) is 0 Å². The van der Waals surface area contributed by atoms with Crippen molar-refractivity contribution in [3.05, 3.63) is 63.4 Å². The zero-order chi connectivity index (χ0) is 23.7. The van der Waals surface area contributed by atoms with Crippen LogP contribution in [0.2, 0.25) is 5.02 Å². The summed E-state index contributed by atoms with van der Waals surface area (Å²) in [6, 6.07) is 13.1. The third kappa shape index (κ3) is 4.75. The molecule has 0 bridgehead atoms. The molecule has 0 spiro atoms. The van der Waals surface area contributed by atoms with E-state index < -0.39 is 5.97 Å². The first-order chi connectivity index (χ1) is 16.5. The van der Waals surface area contributed by atoms with Gasteiger partial charge < -0.3 is 9.64 Å². The molecule has 0 atom stereocenters. The number of halogens is 1. The largest absolute Gasteiger partial charge is 0.468 e. The average Bonchev–Trinajstić information content (AvgIpc) is 2.83. The molecule has 0 amide bonds. The molecule has 6 nitrogen and oxygen atoms in total. The highest BCUT2D eigenvalue weighted by Crippen LogP contribution is 2.42. The van der Waals surface area contributed by atoms with Gasteiger partial charge in [0.25, 0.3) is 5.56 Å². The lowest BCUT2D eigenvalue weighted by Gasteiger charge is -2.40. The van der Waals surface area contributed by atoms with Gasteiger partial charge in [0, 0.05) is 17.1 Å². The van der Waals surface area contributed by atoms with E-state index in [-0.39, 0.29) is 12.1 Å². The fourth-order valence-corrected chi connectivity index (χ4v) is 5.54. The third-order valence-corrected chi connectivity index (χ3v) is 7.48. The van der Waals surface area contributed by atoms with E-state index in [1.54, 1.807) is 18.2 Å². The van der Waals surface area contributed by atoms with Crippen molar-refractivity contribution in [2.24, 2.45) is 5.92 Å². The van der Waals surface area contributed by atoms with Gasteiger partial charge in [0.15, 0.2) is 0 Å². The number of carbonyl (C=O) groups excluding carboxylic acids is 1. The van der Waals surface area contributed by atoms with Gasteiger partial charge in [-0.3, -0.25) is 14.2 Å². The minimum absolute atomic E-state index is 0.203. The van der Waals surface area contributed by atoms with E-state index in [1.165, 1.54) is 56.1 Å². The second kappa shape index (κ2) is 9.88. The molecule has 5 rings (SSSR count). The highest BCUT2D eigenvalue weighted by molar-refractivity contribution is 6.30. The number of carbonyl (C=O) groups is 1. The molecule has 1 aliphatic carbocycles. The van der Waals surface area contributed by atoms with Gasteiger partial charge in [-0.1, -0.05) is 36.2 Å². The summed E-state index contributed by atoms with van der Waals surface area (Å²) in [5.74, 6) is 1.11. The fourth-order valence-electron chi connectivity index (χ4n) is 5.34. The van der Waals surface area contributed by atoms with Gasteiger partial charge in [-0.2, -0.15) is 0 Å². The van der Waals surface area contributed by atoms with Crippen LogP contribution in [0.1, 0.15) is 43.6 Å². The molecule has 1 aromatic heterocycles. The number of likely N-dealkylation sites (tertiary alicyclic amines) is 1. The van der Waals surface area contributed by atoms with Gasteiger partial charge >= 0.3 is 5.97 Å². The summed E-state index contributed by atoms with van der Waals surface area (Å²) in [6.07, 6.45) is 6.33. The summed E-state index contributed by atoms with van der Waals surface area (Å²) in [7, 11) is 1.32. The number of methoxy groups -OCH3 is 1. The molecule has 0 unspecified atom stereocenters. The number of fused-ring (bicyclic) bond motifs is 1. The molecule has 1 aliphatic heterocycles. The van der Waals surface area contributed by atoms with Crippen molar-refractivity contribution < 1.29 is 9.53 Å². The van der Waals surface area contributed by atoms with Crippen molar-refractivity contribution in [2.75, 3.05) is 26.7 Å². The lowest BCUT2D eigenvalue weighted by molar-refractivity contribution is -0.141. The number of benzene rings is 2. The van der Waals surface area contributed by atoms with Crippen molar-refractivity contribution in [2.45, 2.75) is 44.6 Å². The topological polar surface area (TPSA) is 64.4 Å². The van der Waals surface area contributed by atoms with Crippen molar-refractivity contribution >= 4 is 28.5 Å². The third-order valence-electron chi connectivity index (χ3n) is 7.25. The molecule has 178 valence electrons. The number of piperidine rings is 1. The van der Waals surface area contributed by atoms with E-state index in [1.807, 2.05) is 18.2 Å². The van der Waals surface area contributed by atoms with Crippen LogP contribution in [0.15, 0.2) is 47.3 Å². The van der Waals surface area contributed by atoms with Crippen LogP contribution in [-0.2, 0) is 16.1 Å². The number of esters is 1. The molecular formula is C27H30ClN3O3. The predicted octanol–water partition coefficient (Wildman–Crippen LogP) is 4.87. The second-order valence-electron chi connectivity index (χ2n) is 9.59. The maximum atomic E-state index is 13.5. The monoisotopic (exact) mass is 479 g/mol. The van der Waals surface area contributed by atoms with Crippen molar-refractivity contribution in [1.82, 2.24) is 14.5 Å². The second-order valence-corrected chi connectivity index (χ2v) is 10.0. The van der Waals surface area contributed by atoms with Crippen molar-refractivity contribution in [3.8, 4) is 11.4 Å². The first kappa shape index (κ1) is 23.1. The molecule has 2 aromatic carbocycles. The quantitative estimate of drug-likeness (QED) is 0.472. The Kier molecular flexibility index (Phi) is 6.70. The lowest BCUT2D eigenvalue weighted by Crippen LogP contribution is -2.38. The number of rotatable bonds is 6. The zero-order valence-electron chi connectivity index (χ0n) is 19.5. The summed E-state index contributed by atoms with van der Waals surface area (Å²) in [4.78, 5) is 33.0. The van der Waals surface area contributed by atoms with E-state index in [9.17, 15) is 9.59 Å². The van der Waals surface area contributed by atoms with Gasteiger partial charge in [-0.05, 0) is 80.4 Å². The van der Waals surface area contributed by atoms with E-state index in [2.05, 4.69) is 11.0 Å². The highest BCUT2D eigenvalue weighted by Gasteiger charge is 2.32. The molecule has 0 N–H and O–H groups in total. The summed E-state index contributed by atoms with van der Waals surface area (Å²) in [5, 5.41) is 1.07. The summed E-state index contributed by atoms with van der Waals surface area (Å²) >= 11 is 6.18. The van der Waals surface area contributed by atoms with E-state index in [4.69, 9.17) is 21.3 Å². The number of hydrogen-bond donors (Lipinski definition) is 0.